The molecule has 0 aromatic carbocycles. The molecule has 20 heavy (non-hydrogen) atoms. The Kier molecular flexibility index (Phi) is 4.47. The number of hydrazine groups is 1. The molecule has 2 aromatic rings. The van der Waals surface area contributed by atoms with Crippen LogP contribution in [0.3, 0.4) is 0 Å². The molecular weight excluding hydrogens is 348 g/mol. The fourth-order valence-electron chi connectivity index (χ4n) is 1.59. The molecule has 0 atom stereocenters. The first-order valence-electron chi connectivity index (χ1n) is 5.48. The highest BCUT2D eigenvalue weighted by Gasteiger charge is 2.22. The molecule has 2 heterocycles. The van der Waals surface area contributed by atoms with Crippen molar-refractivity contribution in [2.45, 2.75) is 13.5 Å². The van der Waals surface area contributed by atoms with Gasteiger partial charge in [0, 0.05) is 9.35 Å². The molecule has 10 heteroatoms. The molecule has 0 aliphatic carbocycles. The first kappa shape index (κ1) is 14.6. The van der Waals surface area contributed by atoms with Crippen LogP contribution in [0, 0.1) is 17.0 Å². The van der Waals surface area contributed by atoms with Crippen molar-refractivity contribution in [1.82, 2.24) is 9.97 Å². The van der Waals surface area contributed by atoms with Crippen LogP contribution in [0.1, 0.15) is 10.6 Å². The molecule has 0 amide bonds. The van der Waals surface area contributed by atoms with Crippen molar-refractivity contribution >= 4 is 44.7 Å². The summed E-state index contributed by atoms with van der Waals surface area (Å²) in [5, 5.41) is 16.0. The zero-order valence-corrected chi connectivity index (χ0v) is 12.8. The van der Waals surface area contributed by atoms with Gasteiger partial charge in [-0.15, -0.1) is 11.3 Å². The highest BCUT2D eigenvalue weighted by Crippen LogP contribution is 2.28. The molecule has 0 fully saturated rings. The van der Waals surface area contributed by atoms with Gasteiger partial charge in [-0.2, -0.15) is 4.98 Å². The zero-order valence-electron chi connectivity index (χ0n) is 10.4. The number of halogens is 1. The van der Waals surface area contributed by atoms with Crippen molar-refractivity contribution in [2.24, 2.45) is 5.84 Å². The number of nitro groups is 1. The number of hydrogen-bond donors (Lipinski definition) is 3. The minimum Gasteiger partial charge on any atom is -0.359 e. The van der Waals surface area contributed by atoms with Gasteiger partial charge >= 0.3 is 5.69 Å². The van der Waals surface area contributed by atoms with Crippen LogP contribution in [0.25, 0.3) is 0 Å². The van der Waals surface area contributed by atoms with Gasteiger partial charge in [-0.1, -0.05) is 0 Å². The highest BCUT2D eigenvalue weighted by atomic mass is 79.9. The van der Waals surface area contributed by atoms with Gasteiger partial charge < -0.3 is 5.32 Å². The largest absolute Gasteiger partial charge is 0.359 e. The van der Waals surface area contributed by atoms with Gasteiger partial charge in [0.15, 0.2) is 0 Å². The van der Waals surface area contributed by atoms with Crippen LogP contribution in [0.5, 0.6) is 0 Å². The number of rotatable bonds is 5. The smallest absolute Gasteiger partial charge is 0.332 e. The average molecular weight is 359 g/mol. The maximum atomic E-state index is 11.1. The van der Waals surface area contributed by atoms with Gasteiger partial charge in [-0.25, -0.2) is 10.8 Å². The molecule has 8 nitrogen and oxygen atoms in total. The van der Waals surface area contributed by atoms with Gasteiger partial charge in [0.25, 0.3) is 0 Å². The standard InChI is InChI=1S/C10H11BrN6O2S/c1-5-8(17(18)19)9(15-10(14-5)16-12)13-4-7-6(11)2-3-20-7/h2-3H,4,12H2,1H3,(H2,13,14,15,16). The molecule has 0 aliphatic rings. The van der Waals surface area contributed by atoms with Gasteiger partial charge in [0.1, 0.15) is 5.69 Å². The number of thiophene rings is 1. The van der Waals surface area contributed by atoms with Gasteiger partial charge in [-0.3, -0.25) is 15.5 Å². The van der Waals surface area contributed by atoms with E-state index in [1.165, 1.54) is 18.3 Å². The normalized spacial score (nSPS) is 10.3. The second kappa shape index (κ2) is 6.11. The lowest BCUT2D eigenvalue weighted by Gasteiger charge is -2.08. The number of anilines is 2. The Morgan fingerprint density at radius 3 is 2.85 bits per heavy atom. The van der Waals surface area contributed by atoms with E-state index in [4.69, 9.17) is 5.84 Å². The van der Waals surface area contributed by atoms with Crippen LogP contribution >= 0.6 is 27.3 Å². The Hall–Kier alpha value is -1.78. The SMILES string of the molecule is Cc1nc(NN)nc(NCc2sccc2Br)c1[N+](=O)[O-]. The van der Waals surface area contributed by atoms with Gasteiger partial charge in [-0.05, 0) is 34.3 Å². The van der Waals surface area contributed by atoms with E-state index in [1.54, 1.807) is 0 Å². The summed E-state index contributed by atoms with van der Waals surface area (Å²) in [5.41, 5.74) is 2.37. The molecule has 0 aliphatic heterocycles. The molecule has 0 bridgehead atoms. The van der Waals surface area contributed by atoms with Gasteiger partial charge in [0.05, 0.1) is 11.5 Å². The molecule has 2 rings (SSSR count). The second-order valence-electron chi connectivity index (χ2n) is 3.78. The number of nitrogens with zero attached hydrogens (tertiary/aromatic N) is 3. The molecule has 4 N–H and O–H groups in total. The molecule has 0 unspecified atom stereocenters. The number of nitrogens with two attached hydrogens (primary N) is 1. The highest BCUT2D eigenvalue weighted by molar-refractivity contribution is 9.10. The summed E-state index contributed by atoms with van der Waals surface area (Å²) in [6, 6.07) is 1.91. The third-order valence-corrected chi connectivity index (χ3v) is 4.40. The quantitative estimate of drug-likeness (QED) is 0.426. The summed E-state index contributed by atoms with van der Waals surface area (Å²) >= 11 is 4.94. The topological polar surface area (TPSA) is 119 Å². The van der Waals surface area contributed by atoms with E-state index in [0.29, 0.717) is 6.54 Å². The second-order valence-corrected chi connectivity index (χ2v) is 5.63. The number of nitrogens with one attached hydrogen (secondary N) is 2. The van der Waals surface area contributed by atoms with Crippen LogP contribution < -0.4 is 16.6 Å². The minimum atomic E-state index is -0.512. The summed E-state index contributed by atoms with van der Waals surface area (Å²) in [7, 11) is 0. The van der Waals surface area contributed by atoms with Crippen LogP contribution in [0.4, 0.5) is 17.5 Å². The first-order chi connectivity index (χ1) is 9.52. The molecular formula is C10H11BrN6O2S. The number of aromatic nitrogens is 2. The molecule has 0 saturated carbocycles. The van der Waals surface area contributed by atoms with Crippen molar-refractivity contribution in [2.75, 3.05) is 10.7 Å². The Balaban J connectivity index is 2.31. The van der Waals surface area contributed by atoms with Crippen LogP contribution in [0.15, 0.2) is 15.9 Å². The van der Waals surface area contributed by atoms with E-state index in [9.17, 15) is 10.1 Å². The number of hydrogen-bond acceptors (Lipinski definition) is 8. The Morgan fingerprint density at radius 2 is 2.30 bits per heavy atom. The van der Waals surface area contributed by atoms with E-state index in [0.717, 1.165) is 9.35 Å². The lowest BCUT2D eigenvalue weighted by Crippen LogP contribution is -2.14. The van der Waals surface area contributed by atoms with Crippen molar-refractivity contribution in [3.63, 3.8) is 0 Å². The van der Waals surface area contributed by atoms with Crippen molar-refractivity contribution in [1.29, 1.82) is 0 Å². The predicted octanol–water partition coefficient (Wildman–Crippen LogP) is 2.41. The van der Waals surface area contributed by atoms with E-state index in [-0.39, 0.29) is 23.1 Å². The lowest BCUT2D eigenvalue weighted by atomic mass is 10.3. The lowest BCUT2D eigenvalue weighted by molar-refractivity contribution is -0.385. The third-order valence-electron chi connectivity index (χ3n) is 2.48. The van der Waals surface area contributed by atoms with Crippen LogP contribution in [-0.4, -0.2) is 14.9 Å². The maximum absolute atomic E-state index is 11.1. The summed E-state index contributed by atoms with van der Waals surface area (Å²) < 4.78 is 0.945. The van der Waals surface area contributed by atoms with E-state index in [2.05, 4.69) is 36.6 Å². The van der Waals surface area contributed by atoms with Crippen LogP contribution in [0.2, 0.25) is 0 Å². The van der Waals surface area contributed by atoms with Crippen molar-refractivity contribution in [3.8, 4) is 0 Å². The van der Waals surface area contributed by atoms with E-state index in [1.807, 2.05) is 11.4 Å². The van der Waals surface area contributed by atoms with Crippen molar-refractivity contribution in [3.05, 3.63) is 36.6 Å². The Morgan fingerprint density at radius 1 is 1.55 bits per heavy atom. The fraction of sp³-hybridized carbons (Fsp3) is 0.200. The van der Waals surface area contributed by atoms with Gasteiger partial charge in [0.2, 0.25) is 11.8 Å². The summed E-state index contributed by atoms with van der Waals surface area (Å²) in [5.74, 6) is 5.51. The average Bonchev–Trinajstić information content (AvgIpc) is 2.80. The molecule has 106 valence electrons. The van der Waals surface area contributed by atoms with E-state index >= 15 is 0 Å². The van der Waals surface area contributed by atoms with Crippen molar-refractivity contribution < 1.29 is 4.92 Å². The number of nitrogen functional groups attached to an aromatic ring is 1. The van der Waals surface area contributed by atoms with E-state index < -0.39 is 4.92 Å². The third kappa shape index (κ3) is 3.03. The fourth-order valence-corrected chi connectivity index (χ4v) is 3.02. The first-order valence-corrected chi connectivity index (χ1v) is 7.15. The monoisotopic (exact) mass is 358 g/mol. The minimum absolute atomic E-state index is 0.126. The molecule has 0 radical (unpaired) electrons. The van der Waals surface area contributed by atoms with Crippen LogP contribution in [-0.2, 0) is 6.54 Å². The summed E-state index contributed by atoms with van der Waals surface area (Å²) in [6.07, 6.45) is 0. The molecule has 2 aromatic heterocycles. The zero-order chi connectivity index (χ0) is 14.7. The number of aryl methyl sites for hydroxylation is 1. The molecule has 0 spiro atoms. The molecule has 0 saturated heterocycles. The predicted molar refractivity (Wildman–Crippen MR) is 80.6 cm³/mol. The Bertz CT molecular complexity index is 647. The summed E-state index contributed by atoms with van der Waals surface area (Å²) in [4.78, 5) is 19.5. The Labute approximate surface area is 126 Å². The maximum Gasteiger partial charge on any atom is 0.332 e. The summed E-state index contributed by atoms with van der Waals surface area (Å²) in [6.45, 7) is 1.95.